The number of nitrogens with one attached hydrogen (secondary N) is 1. The molecular formula is C20H22N2O3. The Bertz CT molecular complexity index is 786. The number of carbonyl (C=O) groups is 2. The summed E-state index contributed by atoms with van der Waals surface area (Å²) in [6, 6.07) is 15.2. The van der Waals surface area contributed by atoms with Crippen LogP contribution in [0.2, 0.25) is 0 Å². The summed E-state index contributed by atoms with van der Waals surface area (Å²) in [6.45, 7) is -0.274. The molecule has 2 aromatic carbocycles. The Hall–Kier alpha value is -2.82. The van der Waals surface area contributed by atoms with Crippen LogP contribution in [0.15, 0.2) is 48.5 Å². The summed E-state index contributed by atoms with van der Waals surface area (Å²) in [5, 5.41) is 2.95. The van der Waals surface area contributed by atoms with Crippen molar-refractivity contribution >= 4 is 17.6 Å². The van der Waals surface area contributed by atoms with Gasteiger partial charge < -0.3 is 15.0 Å². The number of anilines is 1. The van der Waals surface area contributed by atoms with Crippen LogP contribution in [0, 0.1) is 0 Å². The Morgan fingerprint density at radius 1 is 1.16 bits per heavy atom. The highest BCUT2D eigenvalue weighted by Crippen LogP contribution is 2.30. The van der Waals surface area contributed by atoms with Crippen LogP contribution in [-0.4, -0.2) is 32.6 Å². The van der Waals surface area contributed by atoms with Crippen molar-refractivity contribution in [2.24, 2.45) is 0 Å². The van der Waals surface area contributed by atoms with E-state index in [1.807, 2.05) is 43.3 Å². The molecule has 25 heavy (non-hydrogen) atoms. The molecule has 0 saturated carbocycles. The zero-order chi connectivity index (χ0) is 17.8. The minimum Gasteiger partial charge on any atom is -0.452 e. The molecule has 0 aromatic heterocycles. The summed E-state index contributed by atoms with van der Waals surface area (Å²) >= 11 is 0. The molecule has 1 amide bonds. The fraction of sp³-hybridized carbons (Fsp3) is 0.300. The summed E-state index contributed by atoms with van der Waals surface area (Å²) < 4.78 is 5.15. The van der Waals surface area contributed by atoms with Crippen molar-refractivity contribution in [3.05, 3.63) is 65.2 Å². The topological polar surface area (TPSA) is 58.6 Å². The molecule has 0 aliphatic heterocycles. The molecule has 1 N–H and O–H groups in total. The predicted molar refractivity (Wildman–Crippen MR) is 96.7 cm³/mol. The number of ether oxygens (including phenoxy) is 1. The standard InChI is InChI=1S/C20H22N2O3/c1-22(2)16-8-5-7-15(12-16)20(24)25-13-19(23)21-18-11-10-14-6-3-4-9-17(14)18/h3-9,12,18H,10-11,13H2,1-2H3,(H,21,23)/t18-/m1/s1. The summed E-state index contributed by atoms with van der Waals surface area (Å²) in [5.74, 6) is -0.774. The van der Waals surface area contributed by atoms with Crippen LogP contribution in [0.3, 0.4) is 0 Å². The maximum Gasteiger partial charge on any atom is 0.338 e. The number of carbonyl (C=O) groups excluding carboxylic acids is 2. The molecule has 0 bridgehead atoms. The molecule has 1 aliphatic carbocycles. The van der Waals surface area contributed by atoms with Gasteiger partial charge in [0.2, 0.25) is 0 Å². The number of rotatable bonds is 5. The van der Waals surface area contributed by atoms with E-state index in [4.69, 9.17) is 4.74 Å². The van der Waals surface area contributed by atoms with Crippen molar-refractivity contribution in [3.63, 3.8) is 0 Å². The van der Waals surface area contributed by atoms with E-state index in [9.17, 15) is 9.59 Å². The van der Waals surface area contributed by atoms with Crippen LogP contribution < -0.4 is 10.2 Å². The second kappa shape index (κ2) is 7.38. The summed E-state index contributed by atoms with van der Waals surface area (Å²) in [6.07, 6.45) is 1.84. The molecule has 2 aromatic rings. The molecule has 0 radical (unpaired) electrons. The highest BCUT2D eigenvalue weighted by atomic mass is 16.5. The van der Waals surface area contributed by atoms with Gasteiger partial charge in [-0.2, -0.15) is 0 Å². The van der Waals surface area contributed by atoms with Crippen molar-refractivity contribution in [2.75, 3.05) is 25.6 Å². The summed E-state index contributed by atoms with van der Waals surface area (Å²) in [7, 11) is 3.80. The molecule has 0 unspecified atom stereocenters. The van der Waals surface area contributed by atoms with Crippen LogP contribution >= 0.6 is 0 Å². The fourth-order valence-corrected chi connectivity index (χ4v) is 3.07. The molecule has 0 heterocycles. The Morgan fingerprint density at radius 3 is 2.76 bits per heavy atom. The number of nitrogens with zero attached hydrogens (tertiary/aromatic N) is 1. The Labute approximate surface area is 147 Å². The lowest BCUT2D eigenvalue weighted by molar-refractivity contribution is -0.125. The molecule has 0 fully saturated rings. The minimum atomic E-state index is -0.495. The van der Waals surface area contributed by atoms with Gasteiger partial charge in [-0.15, -0.1) is 0 Å². The Kier molecular flexibility index (Phi) is 5.03. The first-order chi connectivity index (χ1) is 12.0. The molecule has 5 nitrogen and oxygen atoms in total. The maximum atomic E-state index is 12.1. The van der Waals surface area contributed by atoms with Gasteiger partial charge in [-0.25, -0.2) is 4.79 Å². The van der Waals surface area contributed by atoms with Crippen molar-refractivity contribution in [1.29, 1.82) is 0 Å². The van der Waals surface area contributed by atoms with Crippen LogP contribution in [-0.2, 0) is 16.0 Å². The number of aryl methyl sites for hydroxylation is 1. The lowest BCUT2D eigenvalue weighted by Gasteiger charge is -2.15. The number of hydrogen-bond donors (Lipinski definition) is 1. The van der Waals surface area contributed by atoms with E-state index in [2.05, 4.69) is 11.4 Å². The number of fused-ring (bicyclic) bond motifs is 1. The van der Waals surface area contributed by atoms with E-state index >= 15 is 0 Å². The highest BCUT2D eigenvalue weighted by molar-refractivity contribution is 5.92. The molecule has 0 saturated heterocycles. The van der Waals surface area contributed by atoms with Crippen molar-refractivity contribution in [3.8, 4) is 0 Å². The van der Waals surface area contributed by atoms with Gasteiger partial charge in [0.25, 0.3) is 5.91 Å². The number of hydrogen-bond acceptors (Lipinski definition) is 4. The lowest BCUT2D eigenvalue weighted by Crippen LogP contribution is -2.31. The number of esters is 1. The van der Waals surface area contributed by atoms with Gasteiger partial charge in [-0.1, -0.05) is 30.3 Å². The molecule has 1 aliphatic rings. The van der Waals surface area contributed by atoms with E-state index in [-0.39, 0.29) is 18.6 Å². The lowest BCUT2D eigenvalue weighted by atomic mass is 10.1. The minimum absolute atomic E-state index is 0.000490. The molecule has 1 atom stereocenters. The third kappa shape index (κ3) is 3.99. The zero-order valence-corrected chi connectivity index (χ0v) is 14.5. The second-order valence-electron chi connectivity index (χ2n) is 6.38. The SMILES string of the molecule is CN(C)c1cccc(C(=O)OCC(=O)N[C@@H]2CCc3ccccc32)c1. The smallest absolute Gasteiger partial charge is 0.338 e. The summed E-state index contributed by atoms with van der Waals surface area (Å²) in [4.78, 5) is 26.2. The third-order valence-corrected chi connectivity index (χ3v) is 4.40. The fourth-order valence-electron chi connectivity index (χ4n) is 3.07. The van der Waals surface area contributed by atoms with Gasteiger partial charge in [-0.3, -0.25) is 4.79 Å². The predicted octanol–water partition coefficient (Wildman–Crippen LogP) is 2.71. The van der Waals surface area contributed by atoms with Crippen molar-refractivity contribution in [1.82, 2.24) is 5.32 Å². The van der Waals surface area contributed by atoms with Gasteiger partial charge in [0.15, 0.2) is 6.61 Å². The van der Waals surface area contributed by atoms with Gasteiger partial charge in [0.1, 0.15) is 0 Å². The van der Waals surface area contributed by atoms with Gasteiger partial charge in [-0.05, 0) is 42.2 Å². The van der Waals surface area contributed by atoms with E-state index in [1.165, 1.54) is 5.56 Å². The average molecular weight is 338 g/mol. The summed E-state index contributed by atoms with van der Waals surface area (Å²) in [5.41, 5.74) is 3.76. The zero-order valence-electron chi connectivity index (χ0n) is 14.5. The number of amides is 1. The normalized spacial score (nSPS) is 15.4. The third-order valence-electron chi connectivity index (χ3n) is 4.40. The van der Waals surface area contributed by atoms with E-state index in [0.29, 0.717) is 5.56 Å². The molecule has 0 spiro atoms. The second-order valence-corrected chi connectivity index (χ2v) is 6.38. The highest BCUT2D eigenvalue weighted by Gasteiger charge is 2.23. The van der Waals surface area contributed by atoms with Crippen LogP contribution in [0.5, 0.6) is 0 Å². The molecule has 5 heteroatoms. The monoisotopic (exact) mass is 338 g/mol. The van der Waals surface area contributed by atoms with Crippen molar-refractivity contribution < 1.29 is 14.3 Å². The molecule has 3 rings (SSSR count). The average Bonchev–Trinajstić information content (AvgIpc) is 3.03. The molecule has 130 valence electrons. The van der Waals surface area contributed by atoms with E-state index < -0.39 is 5.97 Å². The largest absolute Gasteiger partial charge is 0.452 e. The van der Waals surface area contributed by atoms with Gasteiger partial charge in [0, 0.05) is 19.8 Å². The van der Waals surface area contributed by atoms with Gasteiger partial charge >= 0.3 is 5.97 Å². The quantitative estimate of drug-likeness (QED) is 0.852. The molecular weight excluding hydrogens is 316 g/mol. The Morgan fingerprint density at radius 2 is 1.96 bits per heavy atom. The van der Waals surface area contributed by atoms with Crippen LogP contribution in [0.1, 0.15) is 33.9 Å². The van der Waals surface area contributed by atoms with Crippen molar-refractivity contribution in [2.45, 2.75) is 18.9 Å². The Balaban J connectivity index is 1.54. The first kappa shape index (κ1) is 17.0. The van der Waals surface area contributed by atoms with Crippen LogP contribution in [0.25, 0.3) is 0 Å². The van der Waals surface area contributed by atoms with E-state index in [0.717, 1.165) is 24.1 Å². The number of benzene rings is 2. The first-order valence-electron chi connectivity index (χ1n) is 8.36. The van der Waals surface area contributed by atoms with Gasteiger partial charge in [0.05, 0.1) is 11.6 Å². The maximum absolute atomic E-state index is 12.1. The first-order valence-corrected chi connectivity index (χ1v) is 8.36. The van der Waals surface area contributed by atoms with Crippen LogP contribution in [0.4, 0.5) is 5.69 Å². The van der Waals surface area contributed by atoms with E-state index in [1.54, 1.807) is 18.2 Å².